The van der Waals surface area contributed by atoms with Gasteiger partial charge in [0, 0.05) is 11.1 Å². The second-order valence-electron chi connectivity index (χ2n) is 3.47. The highest BCUT2D eigenvalue weighted by Crippen LogP contribution is 1.81. The van der Waals surface area contributed by atoms with Crippen LogP contribution in [0, 0.1) is 0 Å². The Balaban J connectivity index is -0.0000000994. The number of carbonyl (C=O) groups is 3. The van der Waals surface area contributed by atoms with Gasteiger partial charge in [-0.25, -0.2) is 14.4 Å². The monoisotopic (exact) mass is 326 g/mol. The van der Waals surface area contributed by atoms with E-state index in [2.05, 4.69) is 13.2 Å². The predicted molar refractivity (Wildman–Crippen MR) is 75.7 cm³/mol. The van der Waals surface area contributed by atoms with Crippen LogP contribution in [0.25, 0.3) is 0 Å². The number of carboxylic acids is 2. The van der Waals surface area contributed by atoms with Gasteiger partial charge in [-0.15, -0.1) is 0 Å². The summed E-state index contributed by atoms with van der Waals surface area (Å²) >= 11 is 0. The van der Waals surface area contributed by atoms with Crippen LogP contribution >= 0.6 is 0 Å². The van der Waals surface area contributed by atoms with E-state index in [1.165, 1.54) is 13.8 Å². The lowest BCUT2D eigenvalue weighted by atomic mass is 10.4. The average Bonchev–Trinajstić information content (AvgIpc) is 2.38. The first kappa shape index (κ1) is 27.8. The number of hydrogen-bond acceptors (Lipinski definition) is 6. The number of hydrogen-bond donors (Lipinski definition) is 7. The second kappa shape index (κ2) is 18.6. The highest BCUT2D eigenvalue weighted by Gasteiger charge is 1.93. The Hall–Kier alpha value is -2.43. The molecular weight excluding hydrogens is 304 g/mol. The summed E-state index contributed by atoms with van der Waals surface area (Å²) in [5.41, 5.74) is 0.352. The van der Waals surface area contributed by atoms with Crippen LogP contribution in [0.1, 0.15) is 13.8 Å². The Morgan fingerprint density at radius 2 is 0.955 bits per heavy atom. The Morgan fingerprint density at radius 3 is 0.955 bits per heavy atom. The minimum absolute atomic E-state index is 0.176. The maximum Gasteiger partial charge on any atom is 0.503 e. The molecule has 0 heterocycles. The van der Waals surface area contributed by atoms with Gasteiger partial charge in [0.2, 0.25) is 0 Å². The van der Waals surface area contributed by atoms with Crippen LogP contribution in [0.15, 0.2) is 24.3 Å². The minimum atomic E-state index is -1.83. The van der Waals surface area contributed by atoms with Gasteiger partial charge in [0.05, 0.1) is 13.2 Å². The standard InChI is InChI=1S/2C4H6O2.C3H8O3.CH2O3/c2*1-3(2)4(5)6;4-1-3(6)2-5;2-1(3)4/h2*1H2,2H3,(H,5,6);3-6H,1-2H2;(H2,2,3,4). The maximum atomic E-state index is 9.60. The fourth-order valence-electron chi connectivity index (χ4n) is 0.0577. The zero-order valence-corrected chi connectivity index (χ0v) is 12.3. The van der Waals surface area contributed by atoms with Crippen molar-refractivity contribution in [2.24, 2.45) is 0 Å². The SMILES string of the molecule is C=C(C)C(=O)O.C=C(C)C(=O)O.O=C(O)O.OCC(O)CO. The smallest absolute Gasteiger partial charge is 0.478 e. The molecule has 7 N–H and O–H groups in total. The molecule has 0 unspecified atom stereocenters. The molecule has 0 bridgehead atoms. The van der Waals surface area contributed by atoms with Gasteiger partial charge < -0.3 is 35.7 Å². The van der Waals surface area contributed by atoms with Crippen molar-refractivity contribution in [3.05, 3.63) is 24.3 Å². The summed E-state index contributed by atoms with van der Waals surface area (Å²) in [6.07, 6.45) is -2.79. The fraction of sp³-hybridized carbons (Fsp3) is 0.417. The van der Waals surface area contributed by atoms with Crippen LogP contribution in [-0.2, 0) is 9.59 Å². The Labute approximate surface area is 126 Å². The summed E-state index contributed by atoms with van der Waals surface area (Å²) < 4.78 is 0. The zero-order valence-electron chi connectivity index (χ0n) is 12.3. The van der Waals surface area contributed by atoms with E-state index in [0.29, 0.717) is 0 Å². The molecule has 0 fully saturated rings. The van der Waals surface area contributed by atoms with Crippen molar-refractivity contribution in [2.45, 2.75) is 20.0 Å². The summed E-state index contributed by atoms with van der Waals surface area (Å²) in [6, 6.07) is 0. The molecule has 0 aliphatic carbocycles. The molecule has 0 radical (unpaired) electrons. The average molecular weight is 326 g/mol. The van der Waals surface area contributed by atoms with Crippen molar-refractivity contribution in [3.63, 3.8) is 0 Å². The topological polar surface area (TPSA) is 193 Å². The van der Waals surface area contributed by atoms with Crippen molar-refractivity contribution < 1.29 is 50.1 Å². The third-order valence-corrected chi connectivity index (χ3v) is 1.15. The van der Waals surface area contributed by atoms with Gasteiger partial charge >= 0.3 is 18.1 Å². The molecule has 0 amide bonds. The first-order chi connectivity index (χ1) is 9.83. The molecule has 0 aromatic heterocycles. The van der Waals surface area contributed by atoms with E-state index in [0.717, 1.165) is 0 Å². The van der Waals surface area contributed by atoms with Gasteiger partial charge in [0.1, 0.15) is 6.10 Å². The molecule has 0 aromatic rings. The molecule has 0 rings (SSSR count). The molecular formula is C12H22O10. The number of aliphatic hydroxyl groups is 3. The van der Waals surface area contributed by atoms with E-state index in [1.54, 1.807) is 0 Å². The van der Waals surface area contributed by atoms with Crippen LogP contribution < -0.4 is 0 Å². The molecule has 0 spiro atoms. The lowest BCUT2D eigenvalue weighted by molar-refractivity contribution is -0.133. The first-order valence-corrected chi connectivity index (χ1v) is 5.42. The van der Waals surface area contributed by atoms with Crippen LogP contribution in [-0.4, -0.2) is 73.2 Å². The maximum absolute atomic E-state index is 9.60. The molecule has 130 valence electrons. The largest absolute Gasteiger partial charge is 0.503 e. The van der Waals surface area contributed by atoms with E-state index < -0.39 is 24.2 Å². The summed E-state index contributed by atoms with van der Waals surface area (Å²) in [5, 5.41) is 53.7. The van der Waals surface area contributed by atoms with Crippen LogP contribution in [0.5, 0.6) is 0 Å². The molecule has 0 saturated heterocycles. The highest BCUT2D eigenvalue weighted by molar-refractivity contribution is 5.85. The molecule has 0 aliphatic rings. The molecule has 10 heteroatoms. The summed E-state index contributed by atoms with van der Waals surface area (Å²) in [4.78, 5) is 27.8. The number of carboxylic acid groups (broad SMARTS) is 4. The van der Waals surface area contributed by atoms with Crippen molar-refractivity contribution in [1.82, 2.24) is 0 Å². The summed E-state index contributed by atoms with van der Waals surface area (Å²) in [5.74, 6) is -1.87. The van der Waals surface area contributed by atoms with Crippen molar-refractivity contribution in [2.75, 3.05) is 13.2 Å². The van der Waals surface area contributed by atoms with Gasteiger partial charge in [0.15, 0.2) is 0 Å². The van der Waals surface area contributed by atoms with Crippen molar-refractivity contribution in [3.8, 4) is 0 Å². The van der Waals surface area contributed by atoms with E-state index in [1.807, 2.05) is 0 Å². The normalized spacial score (nSPS) is 7.91. The molecule has 10 nitrogen and oxygen atoms in total. The van der Waals surface area contributed by atoms with Crippen LogP contribution in [0.2, 0.25) is 0 Å². The quantitative estimate of drug-likeness (QED) is 0.341. The van der Waals surface area contributed by atoms with Crippen LogP contribution in [0.4, 0.5) is 4.79 Å². The van der Waals surface area contributed by atoms with Gasteiger partial charge in [-0.1, -0.05) is 13.2 Å². The van der Waals surface area contributed by atoms with E-state index in [9.17, 15) is 9.59 Å². The Kier molecular flexibility index (Phi) is 23.5. The Morgan fingerprint density at radius 1 is 0.818 bits per heavy atom. The van der Waals surface area contributed by atoms with Gasteiger partial charge in [0.25, 0.3) is 0 Å². The Bertz CT molecular complexity index is 305. The number of rotatable bonds is 4. The third kappa shape index (κ3) is 52.7. The molecule has 0 saturated carbocycles. The molecule has 0 aliphatic heterocycles. The molecule has 0 atom stereocenters. The van der Waals surface area contributed by atoms with E-state index in [4.69, 9.17) is 40.5 Å². The van der Waals surface area contributed by atoms with E-state index >= 15 is 0 Å². The van der Waals surface area contributed by atoms with Gasteiger partial charge in [-0.05, 0) is 13.8 Å². The third-order valence-electron chi connectivity index (χ3n) is 1.15. The van der Waals surface area contributed by atoms with Gasteiger partial charge in [-0.2, -0.15) is 0 Å². The molecule has 22 heavy (non-hydrogen) atoms. The van der Waals surface area contributed by atoms with Crippen molar-refractivity contribution >= 4 is 18.1 Å². The minimum Gasteiger partial charge on any atom is -0.478 e. The van der Waals surface area contributed by atoms with Gasteiger partial charge in [-0.3, -0.25) is 0 Å². The lowest BCUT2D eigenvalue weighted by Crippen LogP contribution is -2.15. The summed E-state index contributed by atoms with van der Waals surface area (Å²) in [6.45, 7) is 8.47. The zero-order chi connectivity index (χ0) is 18.9. The number of aliphatic hydroxyl groups excluding tert-OH is 3. The summed E-state index contributed by atoms with van der Waals surface area (Å²) in [7, 11) is 0. The van der Waals surface area contributed by atoms with Crippen molar-refractivity contribution in [1.29, 1.82) is 0 Å². The van der Waals surface area contributed by atoms with E-state index in [-0.39, 0.29) is 24.4 Å². The molecule has 0 aromatic carbocycles. The first-order valence-electron chi connectivity index (χ1n) is 5.42. The predicted octanol–water partition coefficient (Wildman–Crippen LogP) is -0.151. The highest BCUT2D eigenvalue weighted by atomic mass is 16.6. The second-order valence-corrected chi connectivity index (χ2v) is 3.47. The fourth-order valence-corrected chi connectivity index (χ4v) is 0.0577. The lowest BCUT2D eigenvalue weighted by Gasteiger charge is -1.96. The van der Waals surface area contributed by atoms with Crippen LogP contribution in [0.3, 0.4) is 0 Å². The number of aliphatic carboxylic acids is 2.